The molecule has 8 heteroatoms. The maximum absolute atomic E-state index is 11.9. The summed E-state index contributed by atoms with van der Waals surface area (Å²) in [7, 11) is -2.05. The number of hydrazone groups is 1. The lowest BCUT2D eigenvalue weighted by Crippen LogP contribution is -2.17. The van der Waals surface area contributed by atoms with Gasteiger partial charge in [-0.15, -0.1) is 11.3 Å². The molecule has 1 heterocycles. The predicted molar refractivity (Wildman–Crippen MR) is 91.0 cm³/mol. The number of thiophene rings is 1. The highest BCUT2D eigenvalue weighted by Crippen LogP contribution is 2.28. The van der Waals surface area contributed by atoms with Gasteiger partial charge in [0.05, 0.1) is 19.4 Å². The first-order chi connectivity index (χ1) is 10.9. The van der Waals surface area contributed by atoms with Gasteiger partial charge < -0.3 is 9.47 Å². The lowest BCUT2D eigenvalue weighted by Gasteiger charge is -2.13. The van der Waals surface area contributed by atoms with Gasteiger partial charge in [0.25, 0.3) is 10.0 Å². The number of benzene rings is 1. The topological polar surface area (TPSA) is 77.0 Å². The minimum absolute atomic E-state index is 0.00609. The smallest absolute Gasteiger partial charge is 0.286 e. The number of sulfonamides is 1. The van der Waals surface area contributed by atoms with Crippen LogP contribution in [0.5, 0.6) is 11.5 Å². The van der Waals surface area contributed by atoms with Gasteiger partial charge in [-0.1, -0.05) is 6.07 Å². The van der Waals surface area contributed by atoms with Crippen LogP contribution in [-0.4, -0.2) is 27.8 Å². The van der Waals surface area contributed by atoms with Crippen LogP contribution in [0, 0.1) is 0 Å². The van der Waals surface area contributed by atoms with Gasteiger partial charge in [-0.3, -0.25) is 0 Å². The van der Waals surface area contributed by atoms with Gasteiger partial charge in [-0.25, -0.2) is 0 Å². The largest absolute Gasteiger partial charge is 0.493 e. The molecule has 0 aliphatic heterocycles. The molecule has 2 rings (SSSR count). The summed E-state index contributed by atoms with van der Waals surface area (Å²) in [6.07, 6.45) is 1.41. The fourth-order valence-electron chi connectivity index (χ4n) is 1.75. The Labute approximate surface area is 139 Å². The van der Waals surface area contributed by atoms with Gasteiger partial charge in [0.2, 0.25) is 0 Å². The summed E-state index contributed by atoms with van der Waals surface area (Å²) in [5.74, 6) is 1.18. The first-order valence-corrected chi connectivity index (χ1v) is 9.21. The van der Waals surface area contributed by atoms with E-state index in [0.717, 1.165) is 11.3 Å². The molecule has 0 fully saturated rings. The maximum Gasteiger partial charge on any atom is 0.286 e. The van der Waals surface area contributed by atoms with Crippen molar-refractivity contribution < 1.29 is 17.9 Å². The first-order valence-electron chi connectivity index (χ1n) is 6.85. The number of methoxy groups -OCH3 is 1. The molecule has 0 bridgehead atoms. The summed E-state index contributed by atoms with van der Waals surface area (Å²) >= 11 is 1.13. The number of rotatable bonds is 7. The molecule has 2 aromatic rings. The van der Waals surface area contributed by atoms with Crippen molar-refractivity contribution in [3.05, 3.63) is 41.3 Å². The number of hydrogen-bond acceptors (Lipinski definition) is 6. The summed E-state index contributed by atoms with van der Waals surface area (Å²) in [5, 5.41) is 5.48. The Morgan fingerprint density at radius 1 is 1.26 bits per heavy atom. The van der Waals surface area contributed by atoms with Crippen LogP contribution in [-0.2, 0) is 10.0 Å². The van der Waals surface area contributed by atoms with Gasteiger partial charge in [0, 0.05) is 0 Å². The molecule has 124 valence electrons. The Balaban J connectivity index is 2.13. The molecule has 1 aromatic heterocycles. The molecule has 0 aliphatic carbocycles. The van der Waals surface area contributed by atoms with Crippen LogP contribution in [0.2, 0.25) is 0 Å². The third kappa shape index (κ3) is 4.70. The molecule has 0 saturated carbocycles. The standard InChI is InChI=1S/C15H18N2O4S2/c1-11(2)21-14-9-12(6-7-13(14)20-3)10-16-17-23(18,19)15-5-4-8-22-15/h4-11,17H,1-3H3/b16-10+. The fourth-order valence-corrected chi connectivity index (χ4v) is 3.52. The molecule has 0 unspecified atom stereocenters. The van der Waals surface area contributed by atoms with Gasteiger partial charge in [0.15, 0.2) is 11.5 Å². The monoisotopic (exact) mass is 354 g/mol. The molecule has 6 nitrogen and oxygen atoms in total. The van der Waals surface area contributed by atoms with E-state index in [-0.39, 0.29) is 10.3 Å². The van der Waals surface area contributed by atoms with E-state index < -0.39 is 10.0 Å². The van der Waals surface area contributed by atoms with Crippen LogP contribution in [0.25, 0.3) is 0 Å². The summed E-state index contributed by atoms with van der Waals surface area (Å²) in [5.41, 5.74) is 0.690. The van der Waals surface area contributed by atoms with Crippen molar-refractivity contribution in [3.63, 3.8) is 0 Å². The van der Waals surface area contributed by atoms with E-state index in [4.69, 9.17) is 9.47 Å². The zero-order chi connectivity index (χ0) is 16.9. The summed E-state index contributed by atoms with van der Waals surface area (Å²) in [6.45, 7) is 3.82. The SMILES string of the molecule is COc1ccc(/C=N/NS(=O)(=O)c2cccs2)cc1OC(C)C. The number of ether oxygens (including phenoxy) is 2. The molecule has 0 saturated heterocycles. The Bertz CT molecular complexity index is 769. The van der Waals surface area contributed by atoms with Crippen LogP contribution >= 0.6 is 11.3 Å². The molecule has 0 spiro atoms. The highest BCUT2D eigenvalue weighted by molar-refractivity contribution is 7.91. The third-order valence-electron chi connectivity index (χ3n) is 2.70. The molecular weight excluding hydrogens is 336 g/mol. The maximum atomic E-state index is 11.9. The van der Waals surface area contributed by atoms with Crippen molar-refractivity contribution >= 4 is 27.6 Å². The van der Waals surface area contributed by atoms with Gasteiger partial charge in [0.1, 0.15) is 4.21 Å². The molecule has 23 heavy (non-hydrogen) atoms. The van der Waals surface area contributed by atoms with E-state index >= 15 is 0 Å². The Morgan fingerprint density at radius 2 is 2.04 bits per heavy atom. The first kappa shape index (κ1) is 17.3. The molecule has 0 atom stereocenters. The molecule has 0 radical (unpaired) electrons. The van der Waals surface area contributed by atoms with Crippen LogP contribution in [0.1, 0.15) is 19.4 Å². The molecule has 0 amide bonds. The van der Waals surface area contributed by atoms with Crippen molar-refractivity contribution in [2.24, 2.45) is 5.10 Å². The van der Waals surface area contributed by atoms with Gasteiger partial charge >= 0.3 is 0 Å². The van der Waals surface area contributed by atoms with Gasteiger partial charge in [-0.2, -0.15) is 18.4 Å². The van der Waals surface area contributed by atoms with E-state index in [1.807, 2.05) is 13.8 Å². The van der Waals surface area contributed by atoms with Crippen molar-refractivity contribution in [3.8, 4) is 11.5 Å². The molecule has 1 N–H and O–H groups in total. The quantitative estimate of drug-likeness (QED) is 0.613. The Morgan fingerprint density at radius 3 is 2.65 bits per heavy atom. The number of nitrogens with one attached hydrogen (secondary N) is 1. The zero-order valence-corrected chi connectivity index (χ0v) is 14.6. The highest BCUT2D eigenvalue weighted by Gasteiger charge is 2.13. The normalized spacial score (nSPS) is 11.8. The summed E-state index contributed by atoms with van der Waals surface area (Å²) in [4.78, 5) is 2.18. The fraction of sp³-hybridized carbons (Fsp3) is 0.267. The third-order valence-corrected chi connectivity index (χ3v) is 5.32. The van der Waals surface area contributed by atoms with Crippen molar-refractivity contribution in [1.29, 1.82) is 0 Å². The number of hydrogen-bond donors (Lipinski definition) is 1. The lowest BCUT2D eigenvalue weighted by molar-refractivity contribution is 0.230. The second-order valence-corrected chi connectivity index (χ2v) is 7.70. The summed E-state index contributed by atoms with van der Waals surface area (Å²) in [6, 6.07) is 8.43. The minimum atomic E-state index is -3.61. The van der Waals surface area contributed by atoms with E-state index in [1.54, 1.807) is 36.8 Å². The molecule has 1 aromatic carbocycles. The highest BCUT2D eigenvalue weighted by atomic mass is 32.2. The Hall–Kier alpha value is -2.06. The van der Waals surface area contributed by atoms with E-state index in [1.165, 1.54) is 12.3 Å². The summed E-state index contributed by atoms with van der Waals surface area (Å²) < 4.78 is 35.0. The van der Waals surface area contributed by atoms with E-state index in [9.17, 15) is 8.42 Å². The average molecular weight is 354 g/mol. The van der Waals surface area contributed by atoms with Gasteiger partial charge in [-0.05, 0) is 49.1 Å². The zero-order valence-electron chi connectivity index (χ0n) is 13.0. The number of nitrogens with zero attached hydrogens (tertiary/aromatic N) is 1. The van der Waals surface area contributed by atoms with Crippen molar-refractivity contribution in [2.45, 2.75) is 24.2 Å². The van der Waals surface area contributed by atoms with Crippen LogP contribution in [0.4, 0.5) is 0 Å². The van der Waals surface area contributed by atoms with Crippen molar-refractivity contribution in [1.82, 2.24) is 4.83 Å². The minimum Gasteiger partial charge on any atom is -0.493 e. The second-order valence-electron chi connectivity index (χ2n) is 4.86. The van der Waals surface area contributed by atoms with E-state index in [2.05, 4.69) is 9.93 Å². The van der Waals surface area contributed by atoms with Crippen molar-refractivity contribution in [2.75, 3.05) is 7.11 Å². The molecular formula is C15H18N2O4S2. The van der Waals surface area contributed by atoms with Crippen LogP contribution in [0.3, 0.4) is 0 Å². The van der Waals surface area contributed by atoms with E-state index in [0.29, 0.717) is 17.1 Å². The Kier molecular flexibility index (Phi) is 5.62. The lowest BCUT2D eigenvalue weighted by atomic mass is 10.2. The van der Waals surface area contributed by atoms with Crippen LogP contribution in [0.15, 0.2) is 45.0 Å². The molecule has 0 aliphatic rings. The van der Waals surface area contributed by atoms with Crippen LogP contribution < -0.4 is 14.3 Å². The predicted octanol–water partition coefficient (Wildman–Crippen LogP) is 2.86. The average Bonchev–Trinajstić information content (AvgIpc) is 3.02. The second kappa shape index (κ2) is 7.47.